The number of carbonyl (C=O) groups excluding carboxylic acids is 1. The van der Waals surface area contributed by atoms with Crippen molar-refractivity contribution in [3.63, 3.8) is 0 Å². The molecule has 1 amide bonds. The fourth-order valence-corrected chi connectivity index (χ4v) is 3.28. The second kappa shape index (κ2) is 5.39. The highest BCUT2D eigenvalue weighted by atomic mass is 35.5. The number of benzene rings is 1. The van der Waals surface area contributed by atoms with Crippen molar-refractivity contribution in [2.45, 2.75) is 11.8 Å². The van der Waals surface area contributed by atoms with Gasteiger partial charge in [0.1, 0.15) is 4.34 Å². The van der Waals surface area contributed by atoms with Crippen molar-refractivity contribution >= 4 is 39.2 Å². The minimum atomic E-state index is -4.03. The molecule has 0 saturated carbocycles. The van der Waals surface area contributed by atoms with Gasteiger partial charge in [0.15, 0.2) is 0 Å². The molecule has 0 saturated heterocycles. The van der Waals surface area contributed by atoms with E-state index >= 15 is 0 Å². The van der Waals surface area contributed by atoms with Crippen LogP contribution in [0.5, 0.6) is 0 Å². The molecule has 1 heterocycles. The number of carbonyl (C=O) groups is 1. The zero-order valence-electron chi connectivity index (χ0n) is 10.2. The fraction of sp³-hybridized carbons (Fsp3) is 0.0909. The first-order valence-electron chi connectivity index (χ1n) is 5.32. The number of amides is 1. The summed E-state index contributed by atoms with van der Waals surface area (Å²) in [7, 11) is -4.03. The van der Waals surface area contributed by atoms with Crippen LogP contribution >= 0.6 is 23.1 Å². The second-order valence-corrected chi connectivity index (χ2v) is 7.20. The SMILES string of the molecule is Cc1ccc(S(=O)(=O)NC(=O)n2sc(Cl)cc2=O)cc1. The number of hydrogen-bond donors (Lipinski definition) is 1. The van der Waals surface area contributed by atoms with Gasteiger partial charge in [-0.2, -0.15) is 3.96 Å². The molecule has 0 aliphatic rings. The first kappa shape index (κ1) is 14.8. The number of nitrogens with zero attached hydrogens (tertiary/aromatic N) is 1. The number of aromatic nitrogens is 1. The van der Waals surface area contributed by atoms with Gasteiger partial charge < -0.3 is 0 Å². The van der Waals surface area contributed by atoms with Crippen LogP contribution < -0.4 is 10.3 Å². The molecule has 106 valence electrons. The zero-order valence-corrected chi connectivity index (χ0v) is 12.6. The van der Waals surface area contributed by atoms with Gasteiger partial charge in [-0.1, -0.05) is 29.3 Å². The highest BCUT2D eigenvalue weighted by Crippen LogP contribution is 2.13. The Bertz CT molecular complexity index is 806. The molecule has 0 aliphatic carbocycles. The molecule has 0 fully saturated rings. The van der Waals surface area contributed by atoms with Gasteiger partial charge in [0.05, 0.1) is 4.90 Å². The summed E-state index contributed by atoms with van der Waals surface area (Å²) in [5, 5.41) is 0. The topological polar surface area (TPSA) is 85.2 Å². The van der Waals surface area contributed by atoms with Gasteiger partial charge in [-0.15, -0.1) is 0 Å². The fourth-order valence-electron chi connectivity index (χ4n) is 1.39. The third-order valence-corrected chi connectivity index (χ3v) is 4.83. The van der Waals surface area contributed by atoms with Crippen molar-refractivity contribution < 1.29 is 13.2 Å². The molecular formula is C11H9ClN2O4S2. The maximum absolute atomic E-state index is 12.0. The minimum absolute atomic E-state index is 0.0628. The summed E-state index contributed by atoms with van der Waals surface area (Å²) in [6.45, 7) is 1.81. The van der Waals surface area contributed by atoms with Crippen molar-refractivity contribution in [3.05, 3.63) is 50.6 Å². The second-order valence-electron chi connectivity index (χ2n) is 3.90. The third kappa shape index (κ3) is 3.09. The summed E-state index contributed by atoms with van der Waals surface area (Å²) >= 11 is 6.24. The van der Waals surface area contributed by atoms with Gasteiger partial charge in [0.2, 0.25) is 0 Å². The largest absolute Gasteiger partial charge is 0.352 e. The number of halogens is 1. The Kier molecular flexibility index (Phi) is 3.98. The number of hydrogen-bond acceptors (Lipinski definition) is 5. The van der Waals surface area contributed by atoms with E-state index in [1.807, 2.05) is 11.6 Å². The van der Waals surface area contributed by atoms with Crippen LogP contribution in [0, 0.1) is 6.92 Å². The maximum atomic E-state index is 12.0. The molecule has 0 radical (unpaired) electrons. The first-order chi connectivity index (χ1) is 9.29. The van der Waals surface area contributed by atoms with Crippen molar-refractivity contribution in [2.24, 2.45) is 0 Å². The lowest BCUT2D eigenvalue weighted by Gasteiger charge is -2.06. The van der Waals surface area contributed by atoms with Crippen LogP contribution in [0.1, 0.15) is 5.56 Å². The standard InChI is InChI=1S/C11H9ClN2O4S2/c1-7-2-4-8(5-3-7)20(17,18)13-11(16)14-10(15)6-9(12)19-14/h2-6H,1H3,(H,13,16). The van der Waals surface area contributed by atoms with E-state index in [-0.39, 0.29) is 9.23 Å². The zero-order chi connectivity index (χ0) is 14.9. The van der Waals surface area contributed by atoms with E-state index in [0.717, 1.165) is 11.6 Å². The summed E-state index contributed by atoms with van der Waals surface area (Å²) in [6.07, 6.45) is 0. The van der Waals surface area contributed by atoms with Crippen LogP contribution in [0.25, 0.3) is 0 Å². The quantitative estimate of drug-likeness (QED) is 0.909. The van der Waals surface area contributed by atoms with Gasteiger partial charge in [-0.05, 0) is 30.6 Å². The molecule has 0 bridgehead atoms. The van der Waals surface area contributed by atoms with Gasteiger partial charge in [-0.25, -0.2) is 17.9 Å². The van der Waals surface area contributed by atoms with Crippen LogP contribution in [0.2, 0.25) is 4.34 Å². The number of aryl methyl sites for hydroxylation is 1. The summed E-state index contributed by atoms with van der Waals surface area (Å²) < 4.78 is 26.5. The summed E-state index contributed by atoms with van der Waals surface area (Å²) in [4.78, 5) is 23.1. The molecule has 0 unspecified atom stereocenters. The number of nitrogens with one attached hydrogen (secondary N) is 1. The molecule has 1 aromatic heterocycles. The Morgan fingerprint density at radius 2 is 1.90 bits per heavy atom. The summed E-state index contributed by atoms with van der Waals surface area (Å²) in [5.41, 5.74) is 0.202. The highest BCUT2D eigenvalue weighted by Gasteiger charge is 2.20. The lowest BCUT2D eigenvalue weighted by molar-refractivity contribution is 0.248. The van der Waals surface area contributed by atoms with E-state index in [9.17, 15) is 18.0 Å². The predicted molar refractivity (Wildman–Crippen MR) is 75.9 cm³/mol. The predicted octanol–water partition coefficient (Wildman–Crippen LogP) is 1.82. The van der Waals surface area contributed by atoms with Gasteiger partial charge in [0.25, 0.3) is 15.6 Å². The number of sulfonamides is 1. The van der Waals surface area contributed by atoms with E-state index in [1.165, 1.54) is 12.1 Å². The Hall–Kier alpha value is -1.64. The van der Waals surface area contributed by atoms with Crippen LogP contribution in [-0.4, -0.2) is 18.4 Å². The van der Waals surface area contributed by atoms with Gasteiger partial charge in [-0.3, -0.25) is 4.79 Å². The maximum Gasteiger partial charge on any atom is 0.352 e. The van der Waals surface area contributed by atoms with E-state index in [2.05, 4.69) is 0 Å². The van der Waals surface area contributed by atoms with Gasteiger partial charge in [0, 0.05) is 6.07 Å². The molecule has 6 nitrogen and oxygen atoms in total. The molecule has 20 heavy (non-hydrogen) atoms. The molecule has 1 aromatic carbocycles. The average molecular weight is 333 g/mol. The monoisotopic (exact) mass is 332 g/mol. The Labute approximate surface area is 123 Å². The Morgan fingerprint density at radius 1 is 1.30 bits per heavy atom. The molecule has 0 aliphatic heterocycles. The third-order valence-electron chi connectivity index (χ3n) is 2.35. The van der Waals surface area contributed by atoms with Crippen LogP contribution in [0.15, 0.2) is 40.0 Å². The van der Waals surface area contributed by atoms with E-state index < -0.39 is 21.6 Å². The number of rotatable bonds is 2. The normalized spacial score (nSPS) is 11.3. The van der Waals surface area contributed by atoms with Crippen molar-refractivity contribution in [1.82, 2.24) is 8.68 Å². The Morgan fingerprint density at radius 3 is 2.40 bits per heavy atom. The van der Waals surface area contributed by atoms with Crippen LogP contribution in [0.3, 0.4) is 0 Å². The van der Waals surface area contributed by atoms with Gasteiger partial charge >= 0.3 is 6.03 Å². The Balaban J connectivity index is 2.29. The molecule has 0 atom stereocenters. The van der Waals surface area contributed by atoms with Crippen molar-refractivity contribution in [1.29, 1.82) is 0 Å². The lowest BCUT2D eigenvalue weighted by atomic mass is 10.2. The van der Waals surface area contributed by atoms with E-state index in [1.54, 1.807) is 12.1 Å². The van der Waals surface area contributed by atoms with E-state index in [4.69, 9.17) is 11.6 Å². The molecular weight excluding hydrogens is 324 g/mol. The van der Waals surface area contributed by atoms with E-state index in [0.29, 0.717) is 15.5 Å². The summed E-state index contributed by atoms with van der Waals surface area (Å²) in [5.74, 6) is 0. The first-order valence-corrected chi connectivity index (χ1v) is 7.96. The molecule has 0 spiro atoms. The lowest BCUT2D eigenvalue weighted by Crippen LogP contribution is -2.37. The molecule has 1 N–H and O–H groups in total. The van der Waals surface area contributed by atoms with Crippen molar-refractivity contribution in [3.8, 4) is 0 Å². The highest BCUT2D eigenvalue weighted by molar-refractivity contribution is 7.90. The van der Waals surface area contributed by atoms with Crippen LogP contribution in [-0.2, 0) is 10.0 Å². The van der Waals surface area contributed by atoms with Crippen LogP contribution in [0.4, 0.5) is 4.79 Å². The van der Waals surface area contributed by atoms with Crippen molar-refractivity contribution in [2.75, 3.05) is 0 Å². The molecule has 9 heteroatoms. The average Bonchev–Trinajstić information content (AvgIpc) is 2.68. The summed E-state index contributed by atoms with van der Waals surface area (Å²) in [6, 6.07) is 5.92. The minimum Gasteiger partial charge on any atom is -0.268 e. The molecule has 2 aromatic rings. The molecule has 2 rings (SSSR count). The smallest absolute Gasteiger partial charge is 0.268 e.